The molecule has 3 aliphatic carbocycles. The zero-order valence-electron chi connectivity index (χ0n) is 75.6. The largest absolute Gasteiger partial charge is 0.453 e. The number of ether oxygens (including phenoxy) is 6. The predicted octanol–water partition coefficient (Wildman–Crippen LogP) is 34.6. The molecule has 9 aliphatic rings. The van der Waals surface area contributed by atoms with Crippen molar-refractivity contribution in [3.05, 3.63) is 422 Å². The molecule has 12 heteroatoms. The number of hydrogen-bond acceptors (Lipinski definition) is 9. The summed E-state index contributed by atoms with van der Waals surface area (Å²) < 4.78 is 46.3. The fourth-order valence-corrected chi connectivity index (χ4v) is 24.7. The third kappa shape index (κ3) is 10.3. The van der Waals surface area contributed by atoms with Gasteiger partial charge in [0, 0.05) is 76.7 Å². The van der Waals surface area contributed by atoms with Crippen LogP contribution in [-0.2, 0) is 16.2 Å². The number of fused-ring (bicyclic) bond motifs is 14. The molecule has 648 valence electrons. The fraction of sp³-hybridized carbons (Fsp3) is 0.0720. The van der Waals surface area contributed by atoms with E-state index in [0.717, 1.165) is 197 Å². The van der Waals surface area contributed by atoms with Crippen molar-refractivity contribution in [3.63, 3.8) is 0 Å². The lowest BCUT2D eigenvalue weighted by Gasteiger charge is -2.33. The standard InChI is InChI=1S/2C43H28N2O2.C39H26N2O2/c1-43(2)30-17-6-5-14-27(30)28-15-8-19-33(39(28)43)44(31-18-7-12-25-11-3-4-13-26(25)31)32-23-24-37-42-38(32)29-16-9-20-34-40(29)45(42)41-35(46-34)21-10-22-36(41)47-37;1-43(2)32-13-6-5-11-29(32)31-24-28(19-20-33(31)43)44(27-18-17-25-9-3-4-10-26(25)23-27)34-21-22-38-42-39(34)30-12-7-14-35-40(30)45(42)41-36(46-35)15-8-16-37(41)47-38;1-39(2)28-14-7-6-12-25(28)27-22-24(18-19-29(27)39)40(23-10-4-3-5-11-23)30-20-21-34-38-35(30)26-13-8-15-31-36(26)41(38)37-32(42-31)16-9-17-33(37)43-34/h2*3-24H,1-2H3;3-22H,1-2H3. The highest BCUT2D eigenvalue weighted by molar-refractivity contribution is 6.25. The van der Waals surface area contributed by atoms with E-state index in [1.165, 1.54) is 94.0 Å². The summed E-state index contributed by atoms with van der Waals surface area (Å²) in [7, 11) is 0. The topological polar surface area (TPSA) is 79.9 Å². The fourth-order valence-electron chi connectivity index (χ4n) is 24.7. The molecule has 0 radical (unpaired) electrons. The minimum absolute atomic E-state index is 0.0462. The molecule has 0 fully saturated rings. The second kappa shape index (κ2) is 27.4. The van der Waals surface area contributed by atoms with Crippen LogP contribution in [0.4, 0.5) is 51.2 Å². The maximum Gasteiger partial charge on any atom is 0.155 e. The van der Waals surface area contributed by atoms with Crippen LogP contribution in [0.5, 0.6) is 69.0 Å². The minimum Gasteiger partial charge on any atom is -0.453 e. The summed E-state index contributed by atoms with van der Waals surface area (Å²) in [4.78, 5) is 7.32. The van der Waals surface area contributed by atoms with E-state index in [0.29, 0.717) is 0 Å². The maximum absolute atomic E-state index is 6.64. The molecule has 3 aromatic heterocycles. The molecule has 0 saturated carbocycles. The Morgan fingerprint density at radius 1 is 0.190 bits per heavy atom. The monoisotopic (exact) mass is 1760 g/mol. The molecule has 0 bridgehead atoms. The number of anilines is 9. The average molecular weight is 1760 g/mol. The van der Waals surface area contributed by atoms with Crippen molar-refractivity contribution >= 4 is 138 Å². The van der Waals surface area contributed by atoms with Gasteiger partial charge in [0.1, 0.15) is 17.1 Å². The molecule has 32 rings (SSSR count). The average Bonchev–Trinajstić information content (AvgIpc) is 1.53. The van der Waals surface area contributed by atoms with Crippen molar-refractivity contribution in [2.75, 3.05) is 14.7 Å². The molecule has 6 aliphatic heterocycles. The molecule has 23 aromatic rings. The summed E-state index contributed by atoms with van der Waals surface area (Å²) in [6.45, 7) is 14.1. The second-order valence-electron chi connectivity index (χ2n) is 38.8. The summed E-state index contributed by atoms with van der Waals surface area (Å²) in [5, 5.41) is 11.7. The number of hydrogen-bond donors (Lipinski definition) is 0. The van der Waals surface area contributed by atoms with Gasteiger partial charge in [-0.2, -0.15) is 0 Å². The Labute approximate surface area is 788 Å². The van der Waals surface area contributed by atoms with E-state index in [9.17, 15) is 0 Å². The lowest BCUT2D eigenvalue weighted by molar-refractivity contribution is 0.443. The van der Waals surface area contributed by atoms with E-state index in [-0.39, 0.29) is 16.2 Å². The summed E-state index contributed by atoms with van der Waals surface area (Å²) in [6, 6.07) is 139. The van der Waals surface area contributed by atoms with Gasteiger partial charge in [-0.1, -0.05) is 278 Å². The third-order valence-electron chi connectivity index (χ3n) is 30.6. The smallest absolute Gasteiger partial charge is 0.155 e. The Hall–Kier alpha value is -17.5. The van der Waals surface area contributed by atoms with Gasteiger partial charge < -0.3 is 43.1 Å². The maximum atomic E-state index is 6.64. The van der Waals surface area contributed by atoms with Crippen molar-refractivity contribution in [1.29, 1.82) is 0 Å². The van der Waals surface area contributed by atoms with E-state index in [1.54, 1.807) is 0 Å². The molecular formula is C125H82N6O6. The Morgan fingerprint density at radius 2 is 0.511 bits per heavy atom. The minimum atomic E-state index is -0.204. The molecule has 0 amide bonds. The first kappa shape index (κ1) is 76.1. The molecule has 12 nitrogen and oxygen atoms in total. The van der Waals surface area contributed by atoms with Crippen LogP contribution in [0.2, 0.25) is 0 Å². The molecule has 9 heterocycles. The Bertz CT molecular complexity index is 9350. The van der Waals surface area contributed by atoms with Gasteiger partial charge in [-0.15, -0.1) is 0 Å². The third-order valence-corrected chi connectivity index (χ3v) is 30.6. The number of nitrogens with zero attached hydrogens (tertiary/aromatic N) is 6. The number of para-hydroxylation sites is 7. The van der Waals surface area contributed by atoms with Crippen molar-refractivity contribution in [1.82, 2.24) is 13.7 Å². The molecule has 0 N–H and O–H groups in total. The van der Waals surface area contributed by atoms with Crippen LogP contribution in [0, 0.1) is 0 Å². The SMILES string of the molecule is CC1(C)c2ccccc2-c2cc(N(c3ccc4ccccc4c3)c3ccc4c5c3c3cccc6c3n5-c3c(cccc3O4)O6)ccc21.CC1(C)c2ccccc2-c2cc(N(c3ccccc3)c3ccc4c5c3c3cccc6c3n5-c3c(cccc3O4)O6)ccc21.CC1(C)c2ccccc2-c2cccc(N(c3cccc4ccccc34)c3ccc4c5c3c3cccc6c3n5-c3c(cccc3O4)O6)c21. The first-order valence-electron chi connectivity index (χ1n) is 47.2. The van der Waals surface area contributed by atoms with Crippen molar-refractivity contribution in [2.45, 2.75) is 57.8 Å². The molecule has 137 heavy (non-hydrogen) atoms. The van der Waals surface area contributed by atoms with Crippen molar-refractivity contribution in [2.24, 2.45) is 0 Å². The first-order chi connectivity index (χ1) is 67.2. The lowest BCUT2D eigenvalue weighted by atomic mass is 9.81. The van der Waals surface area contributed by atoms with Crippen molar-refractivity contribution in [3.8, 4) is 119 Å². The highest BCUT2D eigenvalue weighted by atomic mass is 16.5. The van der Waals surface area contributed by atoms with Crippen LogP contribution in [0.3, 0.4) is 0 Å². The highest BCUT2D eigenvalue weighted by Crippen LogP contribution is 2.65. The van der Waals surface area contributed by atoms with E-state index < -0.39 is 0 Å². The van der Waals surface area contributed by atoms with Gasteiger partial charge in [-0.25, -0.2) is 0 Å². The number of aromatic nitrogens is 3. The number of benzene rings is 20. The van der Waals surface area contributed by atoms with Gasteiger partial charge in [0.25, 0.3) is 0 Å². The van der Waals surface area contributed by atoms with Gasteiger partial charge in [0.15, 0.2) is 69.0 Å². The van der Waals surface area contributed by atoms with Gasteiger partial charge in [0.05, 0.1) is 61.5 Å². The van der Waals surface area contributed by atoms with E-state index in [1.807, 2.05) is 54.6 Å². The second-order valence-corrected chi connectivity index (χ2v) is 38.8. The van der Waals surface area contributed by atoms with Gasteiger partial charge >= 0.3 is 0 Å². The van der Waals surface area contributed by atoms with Gasteiger partial charge in [-0.05, 0) is 235 Å². The lowest BCUT2D eigenvalue weighted by Crippen LogP contribution is -2.21. The van der Waals surface area contributed by atoms with Crippen LogP contribution in [0.15, 0.2) is 388 Å². The molecule has 0 spiro atoms. The summed E-state index contributed by atoms with van der Waals surface area (Å²) in [5.74, 6) is 9.98. The number of rotatable bonds is 9. The Balaban J connectivity index is 0.0000000975. The quantitative estimate of drug-likeness (QED) is 0.140. The molecular weight excluding hydrogens is 1680 g/mol. The van der Waals surface area contributed by atoms with E-state index in [2.05, 4.69) is 404 Å². The van der Waals surface area contributed by atoms with Gasteiger partial charge in [-0.3, -0.25) is 13.7 Å². The van der Waals surface area contributed by atoms with Crippen LogP contribution in [0.1, 0.15) is 74.9 Å². The molecule has 20 aromatic carbocycles. The molecule has 0 saturated heterocycles. The molecule has 0 unspecified atom stereocenters. The van der Waals surface area contributed by atoms with Crippen molar-refractivity contribution < 1.29 is 28.4 Å². The van der Waals surface area contributed by atoms with Crippen LogP contribution in [-0.4, -0.2) is 13.7 Å². The first-order valence-corrected chi connectivity index (χ1v) is 47.2. The summed E-state index contributed by atoms with van der Waals surface area (Å²) in [6.07, 6.45) is 0. The predicted molar refractivity (Wildman–Crippen MR) is 555 cm³/mol. The highest BCUT2D eigenvalue weighted by Gasteiger charge is 2.45. The van der Waals surface area contributed by atoms with Crippen LogP contribution >= 0.6 is 0 Å². The van der Waals surface area contributed by atoms with Crippen LogP contribution in [0.25, 0.3) is 137 Å². The summed E-state index contributed by atoms with van der Waals surface area (Å²) in [5.41, 5.74) is 35.0. The Kier molecular flexibility index (Phi) is 15.2. The van der Waals surface area contributed by atoms with Crippen LogP contribution < -0.4 is 43.1 Å². The van der Waals surface area contributed by atoms with Gasteiger partial charge in [0.2, 0.25) is 0 Å². The molecule has 0 atom stereocenters. The zero-order valence-corrected chi connectivity index (χ0v) is 75.6. The zero-order chi connectivity index (χ0) is 90.5. The Morgan fingerprint density at radius 3 is 0.993 bits per heavy atom. The normalized spacial score (nSPS) is 14.3. The van der Waals surface area contributed by atoms with E-state index >= 15 is 0 Å². The van der Waals surface area contributed by atoms with E-state index in [4.69, 9.17) is 28.4 Å². The summed E-state index contributed by atoms with van der Waals surface area (Å²) >= 11 is 0.